The van der Waals surface area contributed by atoms with Crippen LogP contribution in [0.1, 0.15) is 77.0 Å². The lowest BCUT2D eigenvalue weighted by molar-refractivity contribution is -0.118. The summed E-state index contributed by atoms with van der Waals surface area (Å²) in [7, 11) is 0. The third-order valence-corrected chi connectivity index (χ3v) is 12.1. The van der Waals surface area contributed by atoms with E-state index in [2.05, 4.69) is 24.3 Å². The molecule has 4 nitrogen and oxygen atoms in total. The van der Waals surface area contributed by atoms with Crippen LogP contribution in [-0.4, -0.2) is 37.6 Å². The molecule has 194 valence electrons. The van der Waals surface area contributed by atoms with Crippen molar-refractivity contribution in [1.29, 1.82) is 0 Å². The Labute approximate surface area is 215 Å². The van der Waals surface area contributed by atoms with Crippen LogP contribution in [-0.2, 0) is 9.47 Å². The van der Waals surface area contributed by atoms with E-state index in [0.717, 1.165) is 60.2 Å². The van der Waals surface area contributed by atoms with Gasteiger partial charge in [0.15, 0.2) is 0 Å². The molecular formula is C32H42O4. The molecule has 0 spiro atoms. The predicted octanol–water partition coefficient (Wildman–Crippen LogP) is 6.41. The summed E-state index contributed by atoms with van der Waals surface area (Å²) in [6.45, 7) is 1.75. The summed E-state index contributed by atoms with van der Waals surface area (Å²) in [4.78, 5) is 0. The maximum absolute atomic E-state index is 6.84. The van der Waals surface area contributed by atoms with E-state index in [9.17, 15) is 0 Å². The number of epoxide rings is 2. The molecule has 0 radical (unpaired) electrons. The first-order chi connectivity index (χ1) is 17.6. The summed E-state index contributed by atoms with van der Waals surface area (Å²) in [6, 6.07) is 8.65. The molecule has 0 aromatic heterocycles. The average Bonchev–Trinajstić information content (AvgIpc) is 3.75. The molecule has 2 saturated heterocycles. The zero-order valence-corrected chi connectivity index (χ0v) is 21.6. The molecule has 11 rings (SSSR count). The first-order valence-corrected chi connectivity index (χ1v) is 15.3. The van der Waals surface area contributed by atoms with Crippen molar-refractivity contribution in [3.8, 4) is 11.5 Å². The van der Waals surface area contributed by atoms with Gasteiger partial charge < -0.3 is 18.9 Å². The van der Waals surface area contributed by atoms with Crippen LogP contribution in [0.2, 0.25) is 0 Å². The number of rotatable bonds is 8. The molecule has 2 heterocycles. The third kappa shape index (κ3) is 3.52. The quantitative estimate of drug-likeness (QED) is 0.395. The van der Waals surface area contributed by atoms with Crippen molar-refractivity contribution < 1.29 is 18.9 Å². The SMILES string of the molecule is c1cc(OC(C2CO2)C23CC4CC(CC(C4)C2)C3)ccc1OC(C1CO1)C12CC3CC(CC(C3)C1)C2. The van der Waals surface area contributed by atoms with E-state index in [1.54, 1.807) is 0 Å². The largest absolute Gasteiger partial charge is 0.487 e. The summed E-state index contributed by atoms with van der Waals surface area (Å²) in [5.41, 5.74) is 0.690. The van der Waals surface area contributed by atoms with Gasteiger partial charge in [-0.15, -0.1) is 0 Å². The van der Waals surface area contributed by atoms with Gasteiger partial charge in [-0.2, -0.15) is 0 Å². The molecule has 4 unspecified atom stereocenters. The van der Waals surface area contributed by atoms with Gasteiger partial charge in [-0.25, -0.2) is 0 Å². The Kier molecular flexibility index (Phi) is 4.60. The van der Waals surface area contributed by atoms with Crippen molar-refractivity contribution in [3.63, 3.8) is 0 Å². The van der Waals surface area contributed by atoms with Crippen LogP contribution >= 0.6 is 0 Å². The zero-order valence-electron chi connectivity index (χ0n) is 21.6. The highest BCUT2D eigenvalue weighted by Gasteiger charge is 2.60. The molecule has 2 aliphatic heterocycles. The van der Waals surface area contributed by atoms with Crippen LogP contribution in [0.3, 0.4) is 0 Å². The summed E-state index contributed by atoms with van der Waals surface area (Å²) >= 11 is 0. The Balaban J connectivity index is 0.934. The van der Waals surface area contributed by atoms with Gasteiger partial charge in [0.1, 0.15) is 35.9 Å². The molecule has 1 aromatic rings. The minimum Gasteiger partial charge on any atom is -0.487 e. The van der Waals surface area contributed by atoms with Crippen LogP contribution < -0.4 is 9.47 Å². The van der Waals surface area contributed by atoms with Crippen LogP contribution in [0, 0.1) is 46.3 Å². The van der Waals surface area contributed by atoms with E-state index in [1.807, 2.05) is 0 Å². The normalized spacial score (nSPS) is 50.7. The van der Waals surface area contributed by atoms with E-state index in [0.29, 0.717) is 23.0 Å². The molecule has 4 atom stereocenters. The van der Waals surface area contributed by atoms with Crippen molar-refractivity contribution in [1.82, 2.24) is 0 Å². The fraction of sp³-hybridized carbons (Fsp3) is 0.812. The molecule has 0 N–H and O–H groups in total. The lowest BCUT2D eigenvalue weighted by Crippen LogP contribution is -2.55. The standard InChI is InChI=1S/C32H42O4/c1-2-26(36-30(28-18-34-28)32-14-22-8-23(15-32)10-24(9-22)16-32)4-3-25(1)35-29(27-17-33-27)31-11-19-5-20(12-31)7-21(6-19)13-31/h1-4,19-24,27-30H,5-18H2. The molecule has 4 heteroatoms. The Morgan fingerprint density at radius 2 is 0.806 bits per heavy atom. The van der Waals surface area contributed by atoms with E-state index < -0.39 is 0 Å². The Morgan fingerprint density at radius 1 is 0.528 bits per heavy atom. The molecule has 8 aliphatic carbocycles. The first-order valence-electron chi connectivity index (χ1n) is 15.3. The highest BCUT2D eigenvalue weighted by molar-refractivity contribution is 5.32. The molecule has 36 heavy (non-hydrogen) atoms. The summed E-state index contributed by atoms with van der Waals surface area (Å²) < 4.78 is 25.5. The Morgan fingerprint density at radius 3 is 1.06 bits per heavy atom. The van der Waals surface area contributed by atoms with Crippen molar-refractivity contribution >= 4 is 0 Å². The fourth-order valence-electron chi connectivity index (χ4n) is 11.6. The average molecular weight is 491 g/mol. The van der Waals surface area contributed by atoms with Crippen molar-refractivity contribution in [2.45, 2.75) is 101 Å². The Bertz CT molecular complexity index is 856. The van der Waals surface area contributed by atoms with E-state index in [1.165, 1.54) is 77.0 Å². The molecule has 1 aromatic carbocycles. The van der Waals surface area contributed by atoms with Crippen LogP contribution in [0.4, 0.5) is 0 Å². The maximum Gasteiger partial charge on any atom is 0.133 e. The van der Waals surface area contributed by atoms with Gasteiger partial charge in [-0.1, -0.05) is 0 Å². The molecule has 8 bridgehead atoms. The second kappa shape index (κ2) is 7.65. The van der Waals surface area contributed by atoms with E-state index in [-0.39, 0.29) is 12.2 Å². The number of ether oxygens (including phenoxy) is 4. The molecule has 0 amide bonds. The fourth-order valence-corrected chi connectivity index (χ4v) is 11.6. The van der Waals surface area contributed by atoms with Crippen molar-refractivity contribution in [2.24, 2.45) is 46.3 Å². The lowest BCUT2D eigenvalue weighted by Gasteiger charge is -2.59. The van der Waals surface area contributed by atoms with Gasteiger partial charge in [0.2, 0.25) is 0 Å². The second-order valence-electron chi connectivity index (χ2n) is 14.9. The monoisotopic (exact) mass is 490 g/mol. The van der Waals surface area contributed by atoms with E-state index in [4.69, 9.17) is 18.9 Å². The number of hydrogen-bond acceptors (Lipinski definition) is 4. The second-order valence-corrected chi connectivity index (χ2v) is 14.9. The minimum absolute atomic E-state index is 0.220. The van der Waals surface area contributed by atoms with Gasteiger partial charge in [0.05, 0.1) is 13.2 Å². The first kappa shape index (κ1) is 21.6. The van der Waals surface area contributed by atoms with Crippen molar-refractivity contribution in [2.75, 3.05) is 13.2 Å². The van der Waals surface area contributed by atoms with Crippen LogP contribution in [0.5, 0.6) is 11.5 Å². The van der Waals surface area contributed by atoms with Gasteiger partial charge >= 0.3 is 0 Å². The van der Waals surface area contributed by atoms with Gasteiger partial charge in [0, 0.05) is 10.8 Å². The summed E-state index contributed by atoms with van der Waals surface area (Å²) in [5.74, 6) is 7.59. The van der Waals surface area contributed by atoms with Crippen molar-refractivity contribution in [3.05, 3.63) is 24.3 Å². The highest BCUT2D eigenvalue weighted by atomic mass is 16.6. The molecule has 10 aliphatic rings. The number of hydrogen-bond donors (Lipinski definition) is 0. The topological polar surface area (TPSA) is 43.5 Å². The summed E-state index contributed by atoms with van der Waals surface area (Å²) in [5, 5.41) is 0. The van der Waals surface area contributed by atoms with Gasteiger partial charge in [-0.3, -0.25) is 0 Å². The van der Waals surface area contributed by atoms with Gasteiger partial charge in [-0.05, 0) is 137 Å². The molecule has 8 saturated carbocycles. The lowest BCUT2D eigenvalue weighted by atomic mass is 9.48. The Hall–Kier alpha value is -1.26. The zero-order chi connectivity index (χ0) is 23.5. The summed E-state index contributed by atoms with van der Waals surface area (Å²) in [6.07, 6.45) is 18.0. The number of benzene rings is 1. The molecular weight excluding hydrogens is 448 g/mol. The van der Waals surface area contributed by atoms with Crippen LogP contribution in [0.15, 0.2) is 24.3 Å². The maximum atomic E-state index is 6.84. The van der Waals surface area contributed by atoms with Gasteiger partial charge in [0.25, 0.3) is 0 Å². The predicted molar refractivity (Wildman–Crippen MR) is 136 cm³/mol. The minimum atomic E-state index is 0.220. The highest BCUT2D eigenvalue weighted by Crippen LogP contribution is 2.64. The van der Waals surface area contributed by atoms with E-state index >= 15 is 0 Å². The third-order valence-electron chi connectivity index (χ3n) is 12.1. The molecule has 10 fully saturated rings. The van der Waals surface area contributed by atoms with Crippen LogP contribution in [0.25, 0.3) is 0 Å². The smallest absolute Gasteiger partial charge is 0.133 e.